The molecular formula is C33H41Cl3Si2Ti. The second-order valence-electron chi connectivity index (χ2n) is 12.0. The third-order valence-corrected chi connectivity index (χ3v) is 19.6. The maximum absolute atomic E-state index is 2.65. The number of hydrogen-bond donors (Lipinski definition) is 0. The molecule has 0 heterocycles. The second kappa shape index (κ2) is 13.0. The summed E-state index contributed by atoms with van der Waals surface area (Å²) in [6, 6.07) is 26.2. The molecule has 0 atom stereocenters. The van der Waals surface area contributed by atoms with E-state index in [1.165, 1.54) is 27.8 Å². The number of hydrogen-bond acceptors (Lipinski definition) is 0. The molecule has 0 amide bonds. The summed E-state index contributed by atoms with van der Waals surface area (Å²) >= 11 is 2.58. The van der Waals surface area contributed by atoms with E-state index in [1.54, 1.807) is 31.9 Å². The first-order valence-electron chi connectivity index (χ1n) is 13.1. The first-order chi connectivity index (χ1) is 16.8. The van der Waals surface area contributed by atoms with E-state index in [-0.39, 0.29) is 40.6 Å². The summed E-state index contributed by atoms with van der Waals surface area (Å²) in [5.41, 5.74) is 10.3. The molecule has 0 fully saturated rings. The van der Waals surface area contributed by atoms with Gasteiger partial charge in [0.25, 0.3) is 0 Å². The van der Waals surface area contributed by atoms with Gasteiger partial charge in [0.2, 0.25) is 0 Å². The van der Waals surface area contributed by atoms with Crippen molar-refractivity contribution in [2.24, 2.45) is 0 Å². The molecule has 0 saturated heterocycles. The molecular weight excluding hydrogens is 607 g/mol. The average Bonchev–Trinajstić information content (AvgIpc) is 2.97. The summed E-state index contributed by atoms with van der Waals surface area (Å²) in [4.78, 5) is 0. The van der Waals surface area contributed by atoms with Gasteiger partial charge in [0.15, 0.2) is 0 Å². The van der Waals surface area contributed by atoms with Crippen LogP contribution in [-0.4, -0.2) is 16.1 Å². The Hall–Kier alpha value is -0.842. The zero-order valence-electron chi connectivity index (χ0n) is 25.0. The predicted octanol–water partition coefficient (Wildman–Crippen LogP) is -2.43. The van der Waals surface area contributed by atoms with Crippen LogP contribution in [0.4, 0.5) is 0 Å². The summed E-state index contributed by atoms with van der Waals surface area (Å²) in [7, 11) is -4.18. The Labute approximate surface area is 269 Å². The van der Waals surface area contributed by atoms with Crippen LogP contribution >= 0.6 is 0 Å². The maximum Gasteiger partial charge on any atom is -1.00 e. The third kappa shape index (κ3) is 5.65. The van der Waals surface area contributed by atoms with Crippen LogP contribution in [0.1, 0.15) is 44.4 Å². The molecule has 3 aromatic carbocycles. The summed E-state index contributed by atoms with van der Waals surface area (Å²) in [6.45, 7) is 24.0. The number of aryl methyl sites for hydroxylation is 3. The van der Waals surface area contributed by atoms with Gasteiger partial charge in [-0.25, -0.2) is 0 Å². The maximum atomic E-state index is 2.64. The molecule has 1 aliphatic rings. The summed E-state index contributed by atoms with van der Waals surface area (Å²) < 4.78 is -0.0656. The molecule has 0 N–H and O–H groups in total. The van der Waals surface area contributed by atoms with Crippen LogP contribution in [0.15, 0.2) is 89.0 Å². The van der Waals surface area contributed by atoms with Crippen molar-refractivity contribution in [3.05, 3.63) is 106 Å². The van der Waals surface area contributed by atoms with Gasteiger partial charge in [0.1, 0.15) is 0 Å². The molecule has 206 valence electrons. The van der Waals surface area contributed by atoms with Gasteiger partial charge in [-0.1, -0.05) is 0 Å². The molecule has 0 saturated carbocycles. The first kappa shape index (κ1) is 36.2. The average molecular weight is 648 g/mol. The number of benzene rings is 3. The van der Waals surface area contributed by atoms with E-state index in [9.17, 15) is 0 Å². The summed E-state index contributed by atoms with van der Waals surface area (Å²) in [5, 5.41) is 6.23. The van der Waals surface area contributed by atoms with E-state index < -0.39 is 16.1 Å². The molecule has 0 unspecified atom stereocenters. The van der Waals surface area contributed by atoms with Crippen molar-refractivity contribution in [3.8, 4) is 0 Å². The van der Waals surface area contributed by atoms with E-state index in [4.69, 9.17) is 0 Å². The van der Waals surface area contributed by atoms with Crippen LogP contribution < -0.4 is 58.0 Å². The van der Waals surface area contributed by atoms with E-state index in [1.807, 2.05) is 0 Å². The molecule has 0 aromatic heterocycles. The van der Waals surface area contributed by atoms with E-state index >= 15 is 0 Å². The van der Waals surface area contributed by atoms with E-state index in [0.29, 0.717) is 0 Å². The molecule has 0 aliphatic heterocycles. The van der Waals surface area contributed by atoms with Gasteiger partial charge in [-0.2, -0.15) is 0 Å². The Balaban J connectivity index is 0.00000253. The van der Waals surface area contributed by atoms with Crippen LogP contribution in [0, 0.1) is 20.8 Å². The Bertz CT molecular complexity index is 1350. The molecule has 0 radical (unpaired) electrons. The SMILES string of the molecule is CC1=C(C)[C]([Ti+3])([Si](c2cc(C)cc([Si](C)(C)C)c2)(c2ccccc2C)c2ccccc2C)C(C)=C1C.[Cl-].[Cl-].[Cl-]. The van der Waals surface area contributed by atoms with Crippen molar-refractivity contribution in [2.45, 2.75) is 71.5 Å². The van der Waals surface area contributed by atoms with Crippen molar-refractivity contribution in [3.63, 3.8) is 0 Å². The minimum Gasteiger partial charge on any atom is -1.00 e. The van der Waals surface area contributed by atoms with Gasteiger partial charge < -0.3 is 37.2 Å². The fourth-order valence-electron chi connectivity index (χ4n) is 6.47. The standard InChI is InChI=1S/C33H41Si2.3ClH.Ti/c1-22-19-29(34(8,9)10)21-30(20-22)35(31-17-13-11-15-23(31)2,32-18-14-12-16-24(32)3)33-27(6)25(4)26(5)28(33)7;;;;/h11-21H,1-10H3;3*1H;/q;;;;+3/p-3. The molecule has 6 heteroatoms. The minimum atomic E-state index is -2.65. The van der Waals surface area contributed by atoms with Gasteiger partial charge in [0.05, 0.1) is 0 Å². The molecule has 1 aliphatic carbocycles. The number of rotatable bonds is 5. The van der Waals surface area contributed by atoms with Crippen molar-refractivity contribution in [2.75, 3.05) is 0 Å². The van der Waals surface area contributed by atoms with Gasteiger partial charge in [-0.05, 0) is 0 Å². The zero-order chi connectivity index (χ0) is 26.6. The third-order valence-electron chi connectivity index (χ3n) is 8.85. The topological polar surface area (TPSA) is 0 Å². The first-order valence-corrected chi connectivity index (χ1v) is 19.4. The Morgan fingerprint density at radius 3 is 1.33 bits per heavy atom. The molecule has 39 heavy (non-hydrogen) atoms. The quantitative estimate of drug-likeness (QED) is 0.214. The van der Waals surface area contributed by atoms with Crippen LogP contribution in [0.5, 0.6) is 0 Å². The largest absolute Gasteiger partial charge is 1.00 e. The Morgan fingerprint density at radius 1 is 0.564 bits per heavy atom. The van der Waals surface area contributed by atoms with Gasteiger partial charge in [-0.3, -0.25) is 0 Å². The summed E-state index contributed by atoms with van der Waals surface area (Å²) in [6.07, 6.45) is 0. The monoisotopic (exact) mass is 646 g/mol. The van der Waals surface area contributed by atoms with Gasteiger partial charge in [-0.15, -0.1) is 0 Å². The molecule has 0 spiro atoms. The second-order valence-corrected chi connectivity index (χ2v) is 22.9. The fraction of sp³-hybridized carbons (Fsp3) is 0.333. The van der Waals surface area contributed by atoms with Crippen molar-refractivity contribution in [1.82, 2.24) is 0 Å². The normalized spacial score (nSPS) is 15.0. The van der Waals surface area contributed by atoms with E-state index in [0.717, 1.165) is 0 Å². The molecule has 0 bridgehead atoms. The van der Waals surface area contributed by atoms with Crippen LogP contribution in [0.2, 0.25) is 23.0 Å². The van der Waals surface area contributed by atoms with Crippen molar-refractivity contribution >= 4 is 36.9 Å². The fourth-order valence-corrected chi connectivity index (χ4v) is 16.9. The molecule has 0 nitrogen and oxygen atoms in total. The Morgan fingerprint density at radius 2 is 0.949 bits per heavy atom. The Kier molecular flexibility index (Phi) is 12.1. The predicted molar refractivity (Wildman–Crippen MR) is 161 cm³/mol. The van der Waals surface area contributed by atoms with E-state index in [2.05, 4.69) is 155 Å². The van der Waals surface area contributed by atoms with Gasteiger partial charge in [0, 0.05) is 0 Å². The molecule has 4 rings (SSSR count). The van der Waals surface area contributed by atoms with Gasteiger partial charge >= 0.3 is 234 Å². The van der Waals surface area contributed by atoms with Crippen LogP contribution in [0.3, 0.4) is 0 Å². The smallest absolute Gasteiger partial charge is 1.00 e. The molecule has 3 aromatic rings. The minimum absolute atomic E-state index is 0. The summed E-state index contributed by atoms with van der Waals surface area (Å²) in [5.74, 6) is 0. The number of halogens is 3. The zero-order valence-corrected chi connectivity index (χ0v) is 30.8. The van der Waals surface area contributed by atoms with Crippen LogP contribution in [0.25, 0.3) is 0 Å². The van der Waals surface area contributed by atoms with Crippen molar-refractivity contribution < 1.29 is 57.7 Å². The number of allylic oxidation sites excluding steroid dienone is 4. The van der Waals surface area contributed by atoms with Crippen LogP contribution in [-0.2, 0) is 20.4 Å². The van der Waals surface area contributed by atoms with Crippen molar-refractivity contribution in [1.29, 1.82) is 0 Å².